The average molecular weight is 357 g/mol. The Morgan fingerprint density at radius 3 is 2.52 bits per heavy atom. The van der Waals surface area contributed by atoms with Crippen molar-refractivity contribution in [3.8, 4) is 21.0 Å². The molecule has 9 heteroatoms. The SMILES string of the molecule is O=S([O-])c1cccc(-c2ccc(-c3cc(C(F)(F)F)[nH]n3)s2)c1. The Kier molecular flexibility index (Phi) is 4.09. The molecule has 0 saturated carbocycles. The largest absolute Gasteiger partial charge is 0.768 e. The molecule has 1 aromatic carbocycles. The molecule has 0 aliphatic carbocycles. The maximum atomic E-state index is 12.6. The zero-order chi connectivity index (χ0) is 16.6. The summed E-state index contributed by atoms with van der Waals surface area (Å²) in [4.78, 5) is 1.45. The molecular formula is C14H8F3N2O2S2-. The summed E-state index contributed by atoms with van der Waals surface area (Å²) in [6.07, 6.45) is -4.47. The van der Waals surface area contributed by atoms with E-state index in [2.05, 4.69) is 5.10 Å². The molecule has 1 N–H and O–H groups in total. The van der Waals surface area contributed by atoms with E-state index in [0.29, 0.717) is 10.4 Å². The van der Waals surface area contributed by atoms with Crippen LogP contribution in [0, 0.1) is 0 Å². The first kappa shape index (κ1) is 15.9. The molecule has 1 unspecified atom stereocenters. The van der Waals surface area contributed by atoms with Crippen molar-refractivity contribution in [2.45, 2.75) is 11.1 Å². The maximum absolute atomic E-state index is 12.6. The highest BCUT2D eigenvalue weighted by Crippen LogP contribution is 2.36. The quantitative estimate of drug-likeness (QED) is 0.719. The topological polar surface area (TPSA) is 68.8 Å². The molecule has 23 heavy (non-hydrogen) atoms. The first-order valence-corrected chi connectivity index (χ1v) is 8.16. The van der Waals surface area contributed by atoms with Crippen molar-refractivity contribution in [2.24, 2.45) is 0 Å². The number of nitrogens with one attached hydrogen (secondary N) is 1. The molecule has 0 fully saturated rings. The Bertz CT molecular complexity index is 871. The molecule has 0 saturated heterocycles. The van der Waals surface area contributed by atoms with Crippen molar-refractivity contribution < 1.29 is 21.9 Å². The van der Waals surface area contributed by atoms with Crippen molar-refractivity contribution in [1.82, 2.24) is 10.2 Å². The second kappa shape index (κ2) is 5.91. The van der Waals surface area contributed by atoms with Gasteiger partial charge in [-0.25, -0.2) is 0 Å². The molecule has 0 aliphatic rings. The van der Waals surface area contributed by atoms with Gasteiger partial charge in [-0.15, -0.1) is 11.3 Å². The van der Waals surface area contributed by atoms with Crippen LogP contribution in [0.3, 0.4) is 0 Å². The molecule has 0 bridgehead atoms. The zero-order valence-electron chi connectivity index (χ0n) is 11.3. The van der Waals surface area contributed by atoms with Gasteiger partial charge >= 0.3 is 6.18 Å². The van der Waals surface area contributed by atoms with Gasteiger partial charge in [-0.3, -0.25) is 9.31 Å². The smallest absolute Gasteiger partial charge is 0.432 e. The lowest BCUT2D eigenvalue weighted by molar-refractivity contribution is -0.141. The molecule has 0 amide bonds. The van der Waals surface area contributed by atoms with Crippen molar-refractivity contribution in [1.29, 1.82) is 0 Å². The number of alkyl halides is 3. The summed E-state index contributed by atoms with van der Waals surface area (Å²) in [6, 6.07) is 10.6. The van der Waals surface area contributed by atoms with Gasteiger partial charge < -0.3 is 4.55 Å². The minimum Gasteiger partial charge on any atom is -0.768 e. The molecule has 0 aliphatic heterocycles. The van der Waals surface area contributed by atoms with E-state index < -0.39 is 23.0 Å². The third-order valence-electron chi connectivity index (χ3n) is 3.05. The summed E-state index contributed by atoms with van der Waals surface area (Å²) < 4.78 is 59.7. The Hall–Kier alpha value is -1.97. The number of rotatable bonds is 3. The van der Waals surface area contributed by atoms with Crippen LogP contribution in [0.4, 0.5) is 13.2 Å². The minimum absolute atomic E-state index is 0.150. The van der Waals surface area contributed by atoms with Gasteiger partial charge in [0.1, 0.15) is 11.4 Å². The van der Waals surface area contributed by atoms with Crippen molar-refractivity contribution in [3.63, 3.8) is 0 Å². The van der Waals surface area contributed by atoms with Crippen LogP contribution < -0.4 is 0 Å². The van der Waals surface area contributed by atoms with Crippen LogP contribution in [0.5, 0.6) is 0 Å². The van der Waals surface area contributed by atoms with Gasteiger partial charge in [0.15, 0.2) is 0 Å². The lowest BCUT2D eigenvalue weighted by Crippen LogP contribution is -2.04. The number of nitrogens with zero attached hydrogens (tertiary/aromatic N) is 1. The number of benzene rings is 1. The average Bonchev–Trinajstić information content (AvgIpc) is 3.15. The van der Waals surface area contributed by atoms with Crippen LogP contribution in [0.2, 0.25) is 0 Å². The molecule has 3 rings (SSSR count). The van der Waals surface area contributed by atoms with Crippen LogP contribution in [0.25, 0.3) is 21.0 Å². The first-order valence-electron chi connectivity index (χ1n) is 6.27. The predicted octanol–water partition coefficient (Wildman–Crippen LogP) is 4.06. The maximum Gasteiger partial charge on any atom is 0.432 e. The molecule has 2 heterocycles. The summed E-state index contributed by atoms with van der Waals surface area (Å²) in [7, 11) is 0. The van der Waals surface area contributed by atoms with E-state index in [1.807, 2.05) is 5.10 Å². The summed E-state index contributed by atoms with van der Waals surface area (Å²) in [5.74, 6) is 0. The molecule has 0 spiro atoms. The van der Waals surface area contributed by atoms with Gasteiger partial charge in [0.2, 0.25) is 0 Å². The Labute approximate surface area is 135 Å². The van der Waals surface area contributed by atoms with Crippen LogP contribution in [0.1, 0.15) is 5.69 Å². The number of halogens is 3. The summed E-state index contributed by atoms with van der Waals surface area (Å²) in [6.45, 7) is 0. The van der Waals surface area contributed by atoms with Gasteiger partial charge in [0.05, 0.1) is 4.88 Å². The Morgan fingerprint density at radius 2 is 1.87 bits per heavy atom. The highest BCUT2D eigenvalue weighted by molar-refractivity contribution is 7.79. The molecular weight excluding hydrogens is 349 g/mol. The third-order valence-corrected chi connectivity index (χ3v) is 4.85. The van der Waals surface area contributed by atoms with Crippen LogP contribution in [-0.2, 0) is 17.3 Å². The van der Waals surface area contributed by atoms with Crippen LogP contribution >= 0.6 is 11.3 Å². The highest BCUT2D eigenvalue weighted by atomic mass is 32.2. The summed E-state index contributed by atoms with van der Waals surface area (Å²) >= 11 is -1.10. The minimum atomic E-state index is -4.47. The fourth-order valence-electron chi connectivity index (χ4n) is 1.98. The molecule has 1 atom stereocenters. The van der Waals surface area contributed by atoms with Gasteiger partial charge in [0.25, 0.3) is 0 Å². The van der Waals surface area contributed by atoms with E-state index in [0.717, 1.165) is 10.9 Å². The summed E-state index contributed by atoms with van der Waals surface area (Å²) in [5, 5.41) is 5.64. The number of aromatic amines is 1. The van der Waals surface area contributed by atoms with E-state index in [9.17, 15) is 21.9 Å². The van der Waals surface area contributed by atoms with Crippen LogP contribution in [0.15, 0.2) is 47.4 Å². The molecule has 120 valence electrons. The fraction of sp³-hybridized carbons (Fsp3) is 0.0714. The predicted molar refractivity (Wildman–Crippen MR) is 79.5 cm³/mol. The van der Waals surface area contributed by atoms with Gasteiger partial charge in [-0.05, 0) is 47.0 Å². The fourth-order valence-corrected chi connectivity index (χ4v) is 3.35. The van der Waals surface area contributed by atoms with E-state index >= 15 is 0 Å². The highest BCUT2D eigenvalue weighted by Gasteiger charge is 2.33. The number of H-pyrrole nitrogens is 1. The number of hydrogen-bond donors (Lipinski definition) is 1. The Morgan fingerprint density at radius 1 is 1.13 bits per heavy atom. The number of aromatic nitrogens is 2. The van der Waals surface area contributed by atoms with Gasteiger partial charge in [0, 0.05) is 9.77 Å². The van der Waals surface area contributed by atoms with Crippen molar-refractivity contribution in [3.05, 3.63) is 48.2 Å². The lowest BCUT2D eigenvalue weighted by Gasteiger charge is -2.06. The van der Waals surface area contributed by atoms with Gasteiger partial charge in [-0.2, -0.15) is 18.3 Å². The second-order valence-corrected chi connectivity index (χ2v) is 6.62. The monoisotopic (exact) mass is 357 g/mol. The summed E-state index contributed by atoms with van der Waals surface area (Å²) in [5.41, 5.74) is -0.0436. The molecule has 4 nitrogen and oxygen atoms in total. The second-order valence-electron chi connectivity index (χ2n) is 4.59. The van der Waals surface area contributed by atoms with Crippen molar-refractivity contribution >= 4 is 22.4 Å². The first-order chi connectivity index (χ1) is 10.8. The van der Waals surface area contributed by atoms with E-state index in [4.69, 9.17) is 0 Å². The number of hydrogen-bond acceptors (Lipinski definition) is 4. The standard InChI is InChI=1S/C14H9F3N2O2S2/c15-14(16,17)13-7-10(18-19-13)12-5-4-11(22-12)8-2-1-3-9(6-8)23(20)21/h1-7H,(H,18,19)(H,20,21)/p-1. The molecule has 0 radical (unpaired) electrons. The molecule has 3 aromatic rings. The van der Waals surface area contributed by atoms with Crippen LogP contribution in [-0.4, -0.2) is 19.0 Å². The number of thiophene rings is 1. The molecule has 2 aromatic heterocycles. The zero-order valence-corrected chi connectivity index (χ0v) is 12.9. The van der Waals surface area contributed by atoms with E-state index in [1.165, 1.54) is 23.5 Å². The Balaban J connectivity index is 1.93. The normalized spacial score (nSPS) is 13.2. The van der Waals surface area contributed by atoms with E-state index in [1.54, 1.807) is 24.3 Å². The third kappa shape index (κ3) is 3.36. The van der Waals surface area contributed by atoms with Crippen molar-refractivity contribution in [2.75, 3.05) is 0 Å². The van der Waals surface area contributed by atoms with Gasteiger partial charge in [-0.1, -0.05) is 12.1 Å². The lowest BCUT2D eigenvalue weighted by atomic mass is 10.2. The van der Waals surface area contributed by atoms with E-state index in [-0.39, 0.29) is 10.6 Å².